The van der Waals surface area contributed by atoms with Gasteiger partial charge in [-0.3, -0.25) is 4.98 Å². The molecule has 2 aromatic heterocycles. The van der Waals surface area contributed by atoms with Crippen LogP contribution in [0.25, 0.3) is 0 Å². The van der Waals surface area contributed by atoms with Gasteiger partial charge in [0.25, 0.3) is 0 Å². The van der Waals surface area contributed by atoms with E-state index in [0.717, 1.165) is 6.07 Å². The van der Waals surface area contributed by atoms with E-state index in [1.54, 1.807) is 6.08 Å². The Morgan fingerprint density at radius 3 is 2.75 bits per heavy atom. The van der Waals surface area contributed by atoms with Gasteiger partial charge in [-0.25, -0.2) is 15.0 Å². The molecule has 0 N–H and O–H groups in total. The molecule has 0 unspecified atom stereocenters. The zero-order valence-electron chi connectivity index (χ0n) is 15.3. The highest BCUT2D eigenvalue weighted by Crippen LogP contribution is 2.33. The minimum atomic E-state index is -4.55. The normalized spacial score (nSPS) is 14.0. The van der Waals surface area contributed by atoms with Gasteiger partial charge in [0.2, 0.25) is 0 Å². The van der Waals surface area contributed by atoms with Gasteiger partial charge in [-0.15, -0.1) is 0 Å². The van der Waals surface area contributed by atoms with E-state index < -0.39 is 11.7 Å². The predicted octanol–water partition coefficient (Wildman–Crippen LogP) is 4.95. The lowest BCUT2D eigenvalue weighted by molar-refractivity contribution is -0.137. The maximum absolute atomic E-state index is 13.4. The van der Waals surface area contributed by atoms with Crippen molar-refractivity contribution in [2.45, 2.75) is 33.1 Å². The molecule has 0 aliphatic carbocycles. The summed E-state index contributed by atoms with van der Waals surface area (Å²) >= 11 is 6.25. The van der Waals surface area contributed by atoms with Gasteiger partial charge in [-0.2, -0.15) is 13.2 Å². The van der Waals surface area contributed by atoms with Crippen LogP contribution in [0.4, 0.5) is 19.0 Å². The number of nitrogens with zero attached hydrogens (tertiary/aromatic N) is 4. The molecule has 0 atom stereocenters. The summed E-state index contributed by atoms with van der Waals surface area (Å²) in [5.74, 6) is 0.892. The van der Waals surface area contributed by atoms with E-state index in [-0.39, 0.29) is 29.0 Å². The molecular formula is C19H18ClF3N4O. The van der Waals surface area contributed by atoms with Gasteiger partial charge >= 0.3 is 6.18 Å². The fourth-order valence-electron chi connectivity index (χ4n) is 2.62. The molecule has 1 aliphatic heterocycles. The average Bonchev–Trinajstić information content (AvgIpc) is 2.83. The molecule has 28 heavy (non-hydrogen) atoms. The van der Waals surface area contributed by atoms with Gasteiger partial charge in [0, 0.05) is 18.4 Å². The van der Waals surface area contributed by atoms with E-state index in [9.17, 15) is 13.2 Å². The number of rotatable bonds is 5. The lowest BCUT2D eigenvalue weighted by Crippen LogP contribution is -2.14. The third-order valence-electron chi connectivity index (χ3n) is 3.84. The summed E-state index contributed by atoms with van der Waals surface area (Å²) in [6.45, 7) is 4.69. The van der Waals surface area contributed by atoms with Crippen LogP contribution in [-0.2, 0) is 23.9 Å². The van der Waals surface area contributed by atoms with E-state index in [0.29, 0.717) is 30.3 Å². The van der Waals surface area contributed by atoms with Crippen LogP contribution in [0.5, 0.6) is 0 Å². The summed E-state index contributed by atoms with van der Waals surface area (Å²) in [6.07, 6.45) is 0.260. The molecule has 0 fully saturated rings. The lowest BCUT2D eigenvalue weighted by Gasteiger charge is -2.12. The zero-order valence-corrected chi connectivity index (χ0v) is 16.1. The number of fused-ring (bicyclic) bond motifs is 1. The average molecular weight is 411 g/mol. The highest BCUT2D eigenvalue weighted by molar-refractivity contribution is 6.30. The Balaban J connectivity index is 2.01. The van der Waals surface area contributed by atoms with Crippen molar-refractivity contribution in [3.8, 4) is 0 Å². The molecule has 0 radical (unpaired) electrons. The molecule has 148 valence electrons. The van der Waals surface area contributed by atoms with Crippen LogP contribution in [0, 0.1) is 5.92 Å². The maximum atomic E-state index is 13.4. The first-order valence-corrected chi connectivity index (χ1v) is 9.04. The van der Waals surface area contributed by atoms with E-state index in [1.165, 1.54) is 18.3 Å². The highest BCUT2D eigenvalue weighted by Gasteiger charge is 2.35. The van der Waals surface area contributed by atoms with Crippen LogP contribution < -0.4 is 0 Å². The maximum Gasteiger partial charge on any atom is 0.418 e. The van der Waals surface area contributed by atoms with Crippen molar-refractivity contribution in [3.63, 3.8) is 0 Å². The summed E-state index contributed by atoms with van der Waals surface area (Å²) in [5, 5.41) is 0.208. The van der Waals surface area contributed by atoms with Crippen LogP contribution >= 0.6 is 11.6 Å². The zero-order chi connectivity index (χ0) is 20.3. The van der Waals surface area contributed by atoms with Gasteiger partial charge in [-0.05, 0) is 30.5 Å². The Morgan fingerprint density at radius 2 is 2.04 bits per heavy atom. The van der Waals surface area contributed by atoms with E-state index in [2.05, 4.69) is 19.9 Å². The van der Waals surface area contributed by atoms with Crippen molar-refractivity contribution in [2.24, 2.45) is 10.9 Å². The number of hydrogen-bond donors (Lipinski definition) is 0. The molecule has 2 aromatic rings. The van der Waals surface area contributed by atoms with Gasteiger partial charge in [0.05, 0.1) is 11.3 Å². The Hall–Kier alpha value is -2.32. The first kappa shape index (κ1) is 20.4. The molecule has 0 bridgehead atoms. The summed E-state index contributed by atoms with van der Waals surface area (Å²) in [4.78, 5) is 16.8. The van der Waals surface area contributed by atoms with E-state index in [1.807, 2.05) is 13.8 Å². The number of alkyl halides is 3. The van der Waals surface area contributed by atoms with Gasteiger partial charge in [-0.1, -0.05) is 31.5 Å². The number of pyridine rings is 1. The molecule has 5 nitrogen and oxygen atoms in total. The fraction of sp³-hybridized carbons (Fsp3) is 0.368. The first-order valence-electron chi connectivity index (χ1n) is 8.66. The Labute approximate surface area is 165 Å². The molecule has 0 aromatic carbocycles. The van der Waals surface area contributed by atoms with Crippen molar-refractivity contribution >= 4 is 23.1 Å². The number of aliphatic imine (C=N–C) groups is 1. The van der Waals surface area contributed by atoms with Crippen molar-refractivity contribution in [2.75, 3.05) is 6.61 Å². The standard InChI is InChI=1S/C19H18ClF3N4O/c1-11(2)9-28-10-15-26-17(20)12-5-3-7-14(25-18(12)27-15)16-13(19(21,22)23)6-4-8-24-16/h3-4,6-8,11H,5,9-10H2,1-2H3. The number of halogens is 4. The second-order valence-electron chi connectivity index (χ2n) is 6.64. The third-order valence-corrected chi connectivity index (χ3v) is 4.16. The van der Waals surface area contributed by atoms with Crippen LogP contribution in [0.3, 0.4) is 0 Å². The van der Waals surface area contributed by atoms with Crippen molar-refractivity contribution < 1.29 is 17.9 Å². The largest absolute Gasteiger partial charge is 0.418 e. The van der Waals surface area contributed by atoms with Gasteiger partial charge < -0.3 is 4.74 Å². The highest BCUT2D eigenvalue weighted by atomic mass is 35.5. The van der Waals surface area contributed by atoms with E-state index in [4.69, 9.17) is 16.3 Å². The minimum Gasteiger partial charge on any atom is -0.373 e. The second-order valence-corrected chi connectivity index (χ2v) is 7.00. The van der Waals surface area contributed by atoms with Gasteiger partial charge in [0.1, 0.15) is 17.5 Å². The molecule has 3 rings (SSSR count). The fourth-order valence-corrected chi connectivity index (χ4v) is 2.88. The minimum absolute atomic E-state index is 0.0653. The first-order chi connectivity index (χ1) is 13.3. The summed E-state index contributed by atoms with van der Waals surface area (Å²) in [5.41, 5.74) is -0.505. The Morgan fingerprint density at radius 1 is 1.25 bits per heavy atom. The van der Waals surface area contributed by atoms with Gasteiger partial charge in [0.15, 0.2) is 11.6 Å². The van der Waals surface area contributed by atoms with E-state index >= 15 is 0 Å². The molecule has 9 heteroatoms. The molecule has 0 spiro atoms. The van der Waals surface area contributed by atoms with Crippen LogP contribution in [0.1, 0.15) is 36.5 Å². The molecule has 0 saturated carbocycles. The molecule has 0 saturated heterocycles. The summed E-state index contributed by atoms with van der Waals surface area (Å²) in [6, 6.07) is 2.22. The smallest absolute Gasteiger partial charge is 0.373 e. The Bertz CT molecular complexity index is 926. The van der Waals surface area contributed by atoms with Crippen LogP contribution in [0.15, 0.2) is 35.5 Å². The number of allylic oxidation sites excluding steroid dienone is 2. The number of aromatic nitrogens is 3. The topological polar surface area (TPSA) is 60.3 Å². The Kier molecular flexibility index (Phi) is 6.10. The monoisotopic (exact) mass is 410 g/mol. The number of ether oxygens (including phenoxy) is 1. The van der Waals surface area contributed by atoms with Crippen LogP contribution in [-0.4, -0.2) is 27.3 Å². The third kappa shape index (κ3) is 4.74. The number of hydrogen-bond acceptors (Lipinski definition) is 5. The molecule has 3 heterocycles. The SMILES string of the molecule is CC(C)COCc1nc(Cl)c2c(n1)N=C(c1ncccc1C(F)(F)F)C=CC2. The lowest BCUT2D eigenvalue weighted by atomic mass is 10.1. The quantitative estimate of drug-likeness (QED) is 0.654. The van der Waals surface area contributed by atoms with Crippen LogP contribution in [0.2, 0.25) is 5.15 Å². The van der Waals surface area contributed by atoms with Crippen molar-refractivity contribution in [1.29, 1.82) is 0 Å². The predicted molar refractivity (Wildman–Crippen MR) is 99.8 cm³/mol. The summed E-state index contributed by atoms with van der Waals surface area (Å²) < 4.78 is 45.6. The van der Waals surface area contributed by atoms with Crippen molar-refractivity contribution in [3.05, 3.63) is 58.3 Å². The summed E-state index contributed by atoms with van der Waals surface area (Å²) in [7, 11) is 0. The van der Waals surface area contributed by atoms with Crippen molar-refractivity contribution in [1.82, 2.24) is 15.0 Å². The second kappa shape index (κ2) is 8.36. The molecule has 0 amide bonds. The molecule has 1 aliphatic rings. The molecular weight excluding hydrogens is 393 g/mol.